The van der Waals surface area contributed by atoms with E-state index in [1.54, 1.807) is 12.3 Å². The molecule has 2 heterocycles. The van der Waals surface area contributed by atoms with E-state index in [-0.39, 0.29) is 5.96 Å². The molecule has 3 aromatic carbocycles. The Bertz CT molecular complexity index is 1370. The molecule has 0 unspecified atom stereocenters. The van der Waals surface area contributed by atoms with Crippen LogP contribution in [0.1, 0.15) is 0 Å². The highest BCUT2D eigenvalue weighted by Gasteiger charge is 2.08. The third-order valence-corrected chi connectivity index (χ3v) is 4.90. The third-order valence-electron chi connectivity index (χ3n) is 4.90. The molecule has 0 saturated carbocycles. The number of fused-ring (bicyclic) bond motifs is 1. The number of nitrogens with zero attached hydrogens (tertiary/aromatic N) is 4. The van der Waals surface area contributed by atoms with Crippen molar-refractivity contribution >= 4 is 39.7 Å². The molecular weight excluding hydrogens is 400 g/mol. The Hall–Kier alpha value is -4.72. The van der Waals surface area contributed by atoms with Crippen LogP contribution in [0.2, 0.25) is 0 Å². The van der Waals surface area contributed by atoms with Gasteiger partial charge in [-0.15, -0.1) is 10.2 Å². The Kier molecular flexibility index (Phi) is 5.15. The van der Waals surface area contributed by atoms with Gasteiger partial charge < -0.3 is 16.4 Å². The van der Waals surface area contributed by atoms with Crippen LogP contribution in [-0.4, -0.2) is 26.4 Å². The summed E-state index contributed by atoms with van der Waals surface area (Å²) in [4.78, 5) is 4.35. The van der Waals surface area contributed by atoms with E-state index in [1.165, 1.54) is 0 Å². The maximum Gasteiger partial charge on any atom is 0.199 e. The number of aliphatic imine (C=N–C) groups is 1. The van der Waals surface area contributed by atoms with Gasteiger partial charge in [-0.1, -0.05) is 48.5 Å². The summed E-state index contributed by atoms with van der Waals surface area (Å²) in [5, 5.41) is 23.1. The van der Waals surface area contributed by atoms with Crippen molar-refractivity contribution in [2.45, 2.75) is 0 Å². The first-order valence-electron chi connectivity index (χ1n) is 10.0. The van der Waals surface area contributed by atoms with Crippen molar-refractivity contribution in [3.8, 4) is 11.3 Å². The molecule has 0 amide bonds. The summed E-state index contributed by atoms with van der Waals surface area (Å²) < 4.78 is 0. The van der Waals surface area contributed by atoms with Gasteiger partial charge in [-0.25, -0.2) is 0 Å². The molecule has 0 saturated heterocycles. The van der Waals surface area contributed by atoms with E-state index < -0.39 is 0 Å². The van der Waals surface area contributed by atoms with Crippen LogP contribution in [-0.2, 0) is 0 Å². The standard InChI is InChI=1S/C24H20N8/c25-24(29-23-14-13-18(31-32-23)16-7-2-1-3-8-16)28-22-10-5-4-9-21(22)27-19-11-6-12-20-17(19)15-26-30-20/h1-15,27H,(H,26,30)(H3,25,28,29,32). The average molecular weight is 420 g/mol. The molecule has 8 nitrogen and oxygen atoms in total. The number of anilines is 3. The second-order valence-electron chi connectivity index (χ2n) is 7.07. The fourth-order valence-electron chi connectivity index (χ4n) is 3.36. The van der Waals surface area contributed by atoms with Crippen LogP contribution in [0.15, 0.2) is 96.1 Å². The van der Waals surface area contributed by atoms with Crippen molar-refractivity contribution in [1.29, 1.82) is 0 Å². The van der Waals surface area contributed by atoms with E-state index in [9.17, 15) is 0 Å². The molecule has 2 aromatic heterocycles. The lowest BCUT2D eigenvalue weighted by molar-refractivity contribution is 1.03. The normalized spacial score (nSPS) is 11.4. The molecule has 0 aliphatic carbocycles. The van der Waals surface area contributed by atoms with Crippen molar-refractivity contribution < 1.29 is 0 Å². The van der Waals surface area contributed by atoms with Crippen LogP contribution in [0.25, 0.3) is 22.2 Å². The fourth-order valence-corrected chi connectivity index (χ4v) is 3.36. The van der Waals surface area contributed by atoms with E-state index in [0.29, 0.717) is 5.82 Å². The van der Waals surface area contributed by atoms with Crippen LogP contribution in [0.5, 0.6) is 0 Å². The maximum atomic E-state index is 6.15. The van der Waals surface area contributed by atoms with Gasteiger partial charge in [-0.2, -0.15) is 10.1 Å². The molecule has 5 N–H and O–H groups in total. The first kappa shape index (κ1) is 19.3. The first-order valence-corrected chi connectivity index (χ1v) is 10.0. The zero-order valence-electron chi connectivity index (χ0n) is 17.0. The minimum absolute atomic E-state index is 0.211. The van der Waals surface area contributed by atoms with Gasteiger partial charge in [-0.05, 0) is 36.4 Å². The molecule has 8 heteroatoms. The molecule has 0 bridgehead atoms. The minimum atomic E-state index is 0.211. The smallest absolute Gasteiger partial charge is 0.199 e. The highest BCUT2D eigenvalue weighted by molar-refractivity contribution is 5.99. The molecule has 5 rings (SSSR count). The summed E-state index contributed by atoms with van der Waals surface area (Å²) in [7, 11) is 0. The lowest BCUT2D eigenvalue weighted by Gasteiger charge is -2.14. The van der Waals surface area contributed by atoms with Gasteiger partial charge in [0.15, 0.2) is 11.8 Å². The summed E-state index contributed by atoms with van der Waals surface area (Å²) >= 11 is 0. The number of aromatic nitrogens is 4. The molecule has 0 radical (unpaired) electrons. The molecule has 0 aliphatic heterocycles. The second kappa shape index (κ2) is 8.57. The van der Waals surface area contributed by atoms with E-state index in [1.807, 2.05) is 78.9 Å². The van der Waals surface area contributed by atoms with Crippen LogP contribution >= 0.6 is 0 Å². The molecule has 32 heavy (non-hydrogen) atoms. The third kappa shape index (κ3) is 4.10. The SMILES string of the molecule is NC(=Nc1ccc(-c2ccccc2)nn1)Nc1ccccc1Nc1cccc2[nH]ncc12. The number of nitrogens with one attached hydrogen (secondary N) is 3. The Morgan fingerprint density at radius 1 is 0.781 bits per heavy atom. The Labute approximate surface area is 184 Å². The summed E-state index contributed by atoms with van der Waals surface area (Å²) in [6.07, 6.45) is 1.79. The summed E-state index contributed by atoms with van der Waals surface area (Å²) in [5.74, 6) is 0.630. The number of H-pyrrole nitrogens is 1. The van der Waals surface area contributed by atoms with Crippen LogP contribution in [0.3, 0.4) is 0 Å². The number of benzene rings is 3. The Morgan fingerprint density at radius 3 is 2.38 bits per heavy atom. The van der Waals surface area contributed by atoms with E-state index >= 15 is 0 Å². The topological polar surface area (TPSA) is 117 Å². The summed E-state index contributed by atoms with van der Waals surface area (Å²) in [6.45, 7) is 0. The average Bonchev–Trinajstić information content (AvgIpc) is 3.31. The van der Waals surface area contributed by atoms with Crippen molar-refractivity contribution in [3.05, 3.63) is 91.1 Å². The Morgan fingerprint density at radius 2 is 1.56 bits per heavy atom. The molecule has 0 atom stereocenters. The molecular formula is C24H20N8. The second-order valence-corrected chi connectivity index (χ2v) is 7.07. The number of aromatic amines is 1. The molecule has 0 aliphatic rings. The quantitative estimate of drug-likeness (QED) is 0.239. The monoisotopic (exact) mass is 420 g/mol. The largest absolute Gasteiger partial charge is 0.369 e. The van der Waals surface area contributed by atoms with Gasteiger partial charge in [0.05, 0.1) is 28.8 Å². The van der Waals surface area contributed by atoms with Crippen molar-refractivity contribution in [3.63, 3.8) is 0 Å². The number of para-hydroxylation sites is 2. The molecule has 5 aromatic rings. The van der Waals surface area contributed by atoms with Gasteiger partial charge in [-0.3, -0.25) is 5.10 Å². The maximum absolute atomic E-state index is 6.15. The predicted molar refractivity (Wildman–Crippen MR) is 128 cm³/mol. The van der Waals surface area contributed by atoms with Gasteiger partial charge in [0, 0.05) is 16.6 Å². The van der Waals surface area contributed by atoms with Crippen LogP contribution in [0, 0.1) is 0 Å². The predicted octanol–water partition coefficient (Wildman–Crippen LogP) is 4.82. The van der Waals surface area contributed by atoms with Crippen molar-refractivity contribution in [2.24, 2.45) is 10.7 Å². The van der Waals surface area contributed by atoms with Gasteiger partial charge in [0.25, 0.3) is 0 Å². The lowest BCUT2D eigenvalue weighted by atomic mass is 10.1. The first-order chi connectivity index (χ1) is 15.8. The molecule has 0 spiro atoms. The highest BCUT2D eigenvalue weighted by Crippen LogP contribution is 2.29. The van der Waals surface area contributed by atoms with E-state index in [4.69, 9.17) is 5.73 Å². The summed E-state index contributed by atoms with van der Waals surface area (Å²) in [6, 6.07) is 27.2. The zero-order valence-corrected chi connectivity index (χ0v) is 17.0. The minimum Gasteiger partial charge on any atom is -0.369 e. The Balaban J connectivity index is 1.35. The number of hydrogen-bond donors (Lipinski definition) is 4. The molecule has 0 fully saturated rings. The van der Waals surface area contributed by atoms with Crippen LogP contribution in [0.4, 0.5) is 22.9 Å². The van der Waals surface area contributed by atoms with Gasteiger partial charge in [0.1, 0.15) is 0 Å². The number of nitrogens with two attached hydrogens (primary N) is 1. The lowest BCUT2D eigenvalue weighted by Crippen LogP contribution is -2.22. The van der Waals surface area contributed by atoms with Crippen molar-refractivity contribution in [2.75, 3.05) is 10.6 Å². The van der Waals surface area contributed by atoms with Crippen LogP contribution < -0.4 is 16.4 Å². The number of hydrogen-bond acceptors (Lipinski definition) is 5. The zero-order chi connectivity index (χ0) is 21.8. The highest BCUT2D eigenvalue weighted by atomic mass is 15.2. The van der Waals surface area contributed by atoms with Gasteiger partial charge >= 0.3 is 0 Å². The van der Waals surface area contributed by atoms with E-state index in [2.05, 4.69) is 36.0 Å². The number of rotatable bonds is 5. The fraction of sp³-hybridized carbons (Fsp3) is 0. The molecule has 156 valence electrons. The summed E-state index contributed by atoms with van der Waals surface area (Å²) in [5.41, 5.74) is 11.4. The van der Waals surface area contributed by atoms with Gasteiger partial charge in [0.2, 0.25) is 0 Å². The van der Waals surface area contributed by atoms with E-state index in [0.717, 1.165) is 39.2 Å². The number of guanidine groups is 1. The van der Waals surface area contributed by atoms with Crippen molar-refractivity contribution in [1.82, 2.24) is 20.4 Å².